The molecule has 0 spiro atoms. The molecule has 0 aromatic heterocycles. The second-order valence-corrected chi connectivity index (χ2v) is 28.4. The molecular formula is C78H153NO8. The van der Waals surface area contributed by atoms with Gasteiger partial charge in [-0.15, -0.1) is 0 Å². The Kier molecular flexibility index (Phi) is 68.8. The molecule has 0 heterocycles. The zero-order valence-electron chi connectivity index (χ0n) is 59.5. The van der Waals surface area contributed by atoms with Gasteiger partial charge in [-0.05, 0) is 12.8 Å². The lowest BCUT2D eigenvalue weighted by Gasteiger charge is -2.26. The normalized spacial score (nSPS) is 12.5. The van der Waals surface area contributed by atoms with Gasteiger partial charge in [0, 0.05) is 12.8 Å². The summed E-state index contributed by atoms with van der Waals surface area (Å²) >= 11 is 0. The van der Waals surface area contributed by atoms with Crippen molar-refractivity contribution in [3.63, 3.8) is 0 Å². The Balaban J connectivity index is 3.88. The fourth-order valence-electron chi connectivity index (χ4n) is 12.4. The zero-order chi connectivity index (χ0) is 63.3. The van der Waals surface area contributed by atoms with E-state index in [1.165, 1.54) is 360 Å². The molecule has 0 aromatic rings. The number of rotatable bonds is 75. The highest BCUT2D eigenvalue weighted by Crippen LogP contribution is 2.21. The average Bonchev–Trinajstić information content (AvgIpc) is 3.59. The molecule has 0 N–H and O–H groups in total. The molecular weight excluding hydrogens is 1080 g/mol. The van der Waals surface area contributed by atoms with Crippen molar-refractivity contribution in [3.8, 4) is 0 Å². The highest BCUT2D eigenvalue weighted by molar-refractivity contribution is 5.70. The van der Waals surface area contributed by atoms with Gasteiger partial charge in [0.15, 0.2) is 12.4 Å². The molecule has 2 unspecified atom stereocenters. The molecule has 0 aromatic carbocycles. The van der Waals surface area contributed by atoms with Gasteiger partial charge in [0.1, 0.15) is 13.2 Å². The lowest BCUT2D eigenvalue weighted by molar-refractivity contribution is -0.870. The molecule has 87 heavy (non-hydrogen) atoms. The van der Waals surface area contributed by atoms with E-state index in [0.29, 0.717) is 17.4 Å². The van der Waals surface area contributed by atoms with Gasteiger partial charge in [0.25, 0.3) is 0 Å². The molecule has 0 saturated carbocycles. The van der Waals surface area contributed by atoms with Gasteiger partial charge in [-0.1, -0.05) is 399 Å². The van der Waals surface area contributed by atoms with Crippen molar-refractivity contribution < 1.29 is 42.9 Å². The molecule has 0 aliphatic carbocycles. The van der Waals surface area contributed by atoms with Gasteiger partial charge >= 0.3 is 11.9 Å². The second kappa shape index (κ2) is 70.2. The van der Waals surface area contributed by atoms with Crippen LogP contribution in [-0.4, -0.2) is 82.3 Å². The predicted molar refractivity (Wildman–Crippen MR) is 371 cm³/mol. The molecule has 0 fully saturated rings. The molecule has 9 nitrogen and oxygen atoms in total. The summed E-state index contributed by atoms with van der Waals surface area (Å²) in [4.78, 5) is 37.5. The van der Waals surface area contributed by atoms with Crippen molar-refractivity contribution in [1.82, 2.24) is 0 Å². The lowest BCUT2D eigenvalue weighted by Crippen LogP contribution is -2.44. The van der Waals surface area contributed by atoms with Gasteiger partial charge in [-0.25, -0.2) is 0 Å². The van der Waals surface area contributed by atoms with Crippen LogP contribution in [0, 0.1) is 0 Å². The Bertz CT molecular complexity index is 1390. The van der Waals surface area contributed by atoms with Gasteiger partial charge in [-0.3, -0.25) is 9.59 Å². The largest absolute Gasteiger partial charge is 0.545 e. The lowest BCUT2D eigenvalue weighted by atomic mass is 10.0. The van der Waals surface area contributed by atoms with Gasteiger partial charge in [-0.2, -0.15) is 0 Å². The van der Waals surface area contributed by atoms with Gasteiger partial charge in [0.05, 0.1) is 40.3 Å². The summed E-state index contributed by atoms with van der Waals surface area (Å²) in [7, 11) is 5.95. The van der Waals surface area contributed by atoms with Crippen LogP contribution in [0.1, 0.15) is 425 Å². The third kappa shape index (κ3) is 71.6. The first-order chi connectivity index (χ1) is 42.6. The van der Waals surface area contributed by atoms with Crippen LogP contribution in [0.5, 0.6) is 0 Å². The fourth-order valence-corrected chi connectivity index (χ4v) is 12.4. The van der Waals surface area contributed by atoms with Crippen LogP contribution >= 0.6 is 0 Å². The summed E-state index contributed by atoms with van der Waals surface area (Å²) in [6, 6.07) is 0. The van der Waals surface area contributed by atoms with Crippen LogP contribution in [0.15, 0.2) is 0 Å². The molecule has 0 radical (unpaired) electrons. The van der Waals surface area contributed by atoms with Crippen molar-refractivity contribution in [3.05, 3.63) is 0 Å². The standard InChI is InChI=1S/C78H153NO8/c1-6-8-10-12-14-16-18-20-22-24-26-28-29-30-31-32-33-34-35-36-37-38-39-40-41-42-43-44-45-46-47-49-51-53-55-57-59-61-63-65-67-69-76(81)87-74(73-86-78(77(82)83)84-71-70-79(3,4)5)72-85-75(80)68-66-64-62-60-58-56-54-52-50-48-27-25-23-21-19-17-15-13-11-9-7-2/h74,78H,6-73H2,1-5H3. The van der Waals surface area contributed by atoms with E-state index >= 15 is 0 Å². The molecule has 518 valence electrons. The third-order valence-corrected chi connectivity index (χ3v) is 18.4. The second-order valence-electron chi connectivity index (χ2n) is 28.4. The van der Waals surface area contributed by atoms with Crippen molar-refractivity contribution in [2.45, 2.75) is 437 Å². The summed E-state index contributed by atoms with van der Waals surface area (Å²) in [5.74, 6) is -2.24. The third-order valence-electron chi connectivity index (χ3n) is 18.4. The van der Waals surface area contributed by atoms with Gasteiger partial charge in [0.2, 0.25) is 0 Å². The molecule has 0 rings (SSSR count). The number of quaternary nitrogens is 1. The maximum Gasteiger partial charge on any atom is 0.306 e. The van der Waals surface area contributed by atoms with Gasteiger partial charge < -0.3 is 33.3 Å². The van der Waals surface area contributed by atoms with E-state index in [2.05, 4.69) is 13.8 Å². The fraction of sp³-hybridized carbons (Fsp3) is 0.962. The van der Waals surface area contributed by atoms with E-state index in [4.69, 9.17) is 18.9 Å². The Hall–Kier alpha value is -1.71. The molecule has 0 bridgehead atoms. The van der Waals surface area contributed by atoms with E-state index in [1.807, 2.05) is 21.1 Å². The van der Waals surface area contributed by atoms with E-state index in [-0.39, 0.29) is 32.2 Å². The van der Waals surface area contributed by atoms with Crippen molar-refractivity contribution in [2.75, 3.05) is 47.5 Å². The predicted octanol–water partition coefficient (Wildman–Crippen LogP) is 23.3. The number of ether oxygens (including phenoxy) is 4. The molecule has 0 saturated heterocycles. The Morgan fingerprint density at radius 1 is 0.299 bits per heavy atom. The monoisotopic (exact) mass is 1230 g/mol. The van der Waals surface area contributed by atoms with E-state index in [1.54, 1.807) is 0 Å². The zero-order valence-corrected chi connectivity index (χ0v) is 59.5. The molecule has 0 aliphatic rings. The number of aliphatic carboxylic acids is 1. The number of esters is 2. The number of carbonyl (C=O) groups excluding carboxylic acids is 3. The van der Waals surface area contributed by atoms with Crippen molar-refractivity contribution in [2.24, 2.45) is 0 Å². The van der Waals surface area contributed by atoms with Crippen molar-refractivity contribution >= 4 is 17.9 Å². The number of nitrogens with zero attached hydrogens (tertiary/aromatic N) is 1. The summed E-state index contributed by atoms with van der Waals surface area (Å²) in [5, 5.41) is 11.8. The van der Waals surface area contributed by atoms with Crippen LogP contribution in [-0.2, 0) is 33.3 Å². The highest BCUT2D eigenvalue weighted by atomic mass is 16.7. The first kappa shape index (κ1) is 85.3. The smallest absolute Gasteiger partial charge is 0.306 e. The highest BCUT2D eigenvalue weighted by Gasteiger charge is 2.22. The first-order valence-corrected chi connectivity index (χ1v) is 39.2. The number of unbranched alkanes of at least 4 members (excludes halogenated alkanes) is 60. The Labute approximate surface area is 543 Å². The van der Waals surface area contributed by atoms with Crippen molar-refractivity contribution in [1.29, 1.82) is 0 Å². The number of carbonyl (C=O) groups is 3. The number of hydrogen-bond donors (Lipinski definition) is 0. The van der Waals surface area contributed by atoms with Crippen LogP contribution < -0.4 is 5.11 Å². The van der Waals surface area contributed by atoms with E-state index in [9.17, 15) is 19.5 Å². The molecule has 9 heteroatoms. The maximum absolute atomic E-state index is 12.9. The minimum atomic E-state index is -1.62. The number of hydrogen-bond acceptors (Lipinski definition) is 8. The average molecular weight is 1230 g/mol. The maximum atomic E-state index is 12.9. The SMILES string of the molecule is CCCCCCCCCCCCCCCCCCCCCCCCCCCCCCCCCCCCCCCCCCCC(=O)OC(COC(=O)CCCCCCCCCCCCCCCCCCCCCCC)COC(OCC[N+](C)(C)C)C(=O)[O-]. The summed E-state index contributed by atoms with van der Waals surface area (Å²) in [5.41, 5.74) is 0. The molecule has 0 aliphatic heterocycles. The number of carboxylic acids is 1. The van der Waals surface area contributed by atoms with E-state index < -0.39 is 24.3 Å². The minimum absolute atomic E-state index is 0.154. The van der Waals surface area contributed by atoms with Crippen LogP contribution in [0.25, 0.3) is 0 Å². The summed E-state index contributed by atoms with van der Waals surface area (Å²) < 4.78 is 22.9. The Morgan fingerprint density at radius 2 is 0.517 bits per heavy atom. The van der Waals surface area contributed by atoms with Crippen LogP contribution in [0.3, 0.4) is 0 Å². The van der Waals surface area contributed by atoms with Crippen LogP contribution in [0.4, 0.5) is 0 Å². The van der Waals surface area contributed by atoms with E-state index in [0.717, 1.165) is 38.5 Å². The Morgan fingerprint density at radius 3 is 0.736 bits per heavy atom. The minimum Gasteiger partial charge on any atom is -0.545 e. The first-order valence-electron chi connectivity index (χ1n) is 39.2. The molecule has 2 atom stereocenters. The summed E-state index contributed by atoms with van der Waals surface area (Å²) in [6.45, 7) is 4.85. The van der Waals surface area contributed by atoms with Crippen LogP contribution in [0.2, 0.25) is 0 Å². The summed E-state index contributed by atoms with van der Waals surface area (Å²) in [6.07, 6.45) is 82.4. The number of likely N-dealkylation sites (N-methyl/N-ethyl adjacent to an activating group) is 1. The molecule has 0 amide bonds. The quantitative estimate of drug-likeness (QED) is 0.0256. The topological polar surface area (TPSA) is 111 Å². The number of carboxylic acid groups (broad SMARTS) is 1.